The lowest BCUT2D eigenvalue weighted by Crippen LogP contribution is -2.19. The minimum atomic E-state index is -0.919. The SMILES string of the molecule is O=c1ccc(-c2nc(-c3ccc(OCF)cc3)no2)cn1Cc1cccc([N+](=O)[O-])c1. The highest BCUT2D eigenvalue weighted by molar-refractivity contribution is 5.59. The molecule has 0 saturated heterocycles. The molecule has 4 rings (SSSR count). The molecule has 2 aromatic heterocycles. The summed E-state index contributed by atoms with van der Waals surface area (Å²) in [6, 6.07) is 15.5. The fraction of sp³-hybridized carbons (Fsp3) is 0.0952. The van der Waals surface area contributed by atoms with Gasteiger partial charge < -0.3 is 13.8 Å². The zero-order valence-corrected chi connectivity index (χ0v) is 16.0. The van der Waals surface area contributed by atoms with Gasteiger partial charge in [0, 0.05) is 30.0 Å². The standard InChI is InChI=1S/C21H15FN4O5/c22-13-30-18-7-4-15(5-8-18)20-23-21(31-24-20)16-6-9-19(27)25(12-16)11-14-2-1-3-17(10-14)26(28)29/h1-10,12H,11,13H2. The largest absolute Gasteiger partial charge is 0.463 e. The Balaban J connectivity index is 1.59. The van der Waals surface area contributed by atoms with Gasteiger partial charge in [0.15, 0.2) is 0 Å². The number of ether oxygens (including phenoxy) is 1. The van der Waals surface area contributed by atoms with E-state index in [9.17, 15) is 19.3 Å². The summed E-state index contributed by atoms with van der Waals surface area (Å²) in [5.41, 5.74) is 1.44. The van der Waals surface area contributed by atoms with Crippen molar-refractivity contribution in [3.8, 4) is 28.6 Å². The van der Waals surface area contributed by atoms with Crippen LogP contribution in [0.4, 0.5) is 10.1 Å². The fourth-order valence-electron chi connectivity index (χ4n) is 2.97. The molecule has 4 aromatic rings. The molecule has 31 heavy (non-hydrogen) atoms. The maximum atomic E-state index is 12.3. The number of rotatable bonds is 7. The number of halogens is 1. The average molecular weight is 422 g/mol. The predicted molar refractivity (Wildman–Crippen MR) is 108 cm³/mol. The van der Waals surface area contributed by atoms with Crippen LogP contribution in [0.25, 0.3) is 22.8 Å². The summed E-state index contributed by atoms with van der Waals surface area (Å²) in [7, 11) is 0. The molecular formula is C21H15FN4O5. The number of pyridine rings is 1. The van der Waals surface area contributed by atoms with Crippen LogP contribution in [0.1, 0.15) is 5.56 Å². The van der Waals surface area contributed by atoms with Gasteiger partial charge >= 0.3 is 0 Å². The molecule has 0 saturated carbocycles. The molecule has 0 unspecified atom stereocenters. The molecule has 0 aliphatic heterocycles. The third-order valence-corrected chi connectivity index (χ3v) is 4.46. The number of nitrogens with zero attached hydrogens (tertiary/aromatic N) is 4. The van der Waals surface area contributed by atoms with Crippen LogP contribution in [0.2, 0.25) is 0 Å². The summed E-state index contributed by atoms with van der Waals surface area (Å²) in [4.78, 5) is 27.1. The van der Waals surface area contributed by atoms with Gasteiger partial charge in [-0.25, -0.2) is 4.39 Å². The van der Waals surface area contributed by atoms with Crippen LogP contribution in [0.15, 0.2) is 76.2 Å². The van der Waals surface area contributed by atoms with E-state index in [1.165, 1.54) is 22.8 Å². The van der Waals surface area contributed by atoms with Gasteiger partial charge in [0.05, 0.1) is 17.0 Å². The molecule has 0 aliphatic carbocycles. The number of non-ortho nitro benzene ring substituents is 1. The van der Waals surface area contributed by atoms with E-state index in [0.29, 0.717) is 28.3 Å². The van der Waals surface area contributed by atoms with Gasteiger partial charge in [0.1, 0.15) is 5.75 Å². The smallest absolute Gasteiger partial charge is 0.269 e. The second-order valence-electron chi connectivity index (χ2n) is 6.51. The molecule has 0 aliphatic rings. The molecule has 0 fully saturated rings. The molecule has 0 atom stereocenters. The van der Waals surface area contributed by atoms with Gasteiger partial charge in [-0.3, -0.25) is 14.9 Å². The first-order valence-corrected chi connectivity index (χ1v) is 9.10. The van der Waals surface area contributed by atoms with E-state index in [1.807, 2.05) is 0 Å². The highest BCUT2D eigenvalue weighted by Gasteiger charge is 2.13. The Bertz CT molecular complexity index is 1280. The van der Waals surface area contributed by atoms with Gasteiger partial charge in [-0.05, 0) is 35.9 Å². The van der Waals surface area contributed by atoms with E-state index in [-0.39, 0.29) is 23.7 Å². The van der Waals surface area contributed by atoms with Crippen LogP contribution in [0, 0.1) is 10.1 Å². The highest BCUT2D eigenvalue weighted by Crippen LogP contribution is 2.24. The fourth-order valence-corrected chi connectivity index (χ4v) is 2.97. The number of nitro groups is 1. The normalized spacial score (nSPS) is 10.7. The Morgan fingerprint density at radius 3 is 2.61 bits per heavy atom. The van der Waals surface area contributed by atoms with Gasteiger partial charge in [-0.15, -0.1) is 0 Å². The molecule has 2 aromatic carbocycles. The Morgan fingerprint density at radius 1 is 1.10 bits per heavy atom. The Morgan fingerprint density at radius 2 is 1.87 bits per heavy atom. The summed E-state index contributed by atoms with van der Waals surface area (Å²) in [6.07, 6.45) is 1.55. The first-order chi connectivity index (χ1) is 15.0. The summed E-state index contributed by atoms with van der Waals surface area (Å²) >= 11 is 0. The van der Waals surface area contributed by atoms with Gasteiger partial charge in [-0.1, -0.05) is 17.3 Å². The lowest BCUT2D eigenvalue weighted by molar-refractivity contribution is -0.384. The lowest BCUT2D eigenvalue weighted by atomic mass is 10.2. The second-order valence-corrected chi connectivity index (χ2v) is 6.51. The van der Waals surface area contributed by atoms with Crippen LogP contribution >= 0.6 is 0 Å². The maximum Gasteiger partial charge on any atom is 0.269 e. The highest BCUT2D eigenvalue weighted by atomic mass is 19.1. The van der Waals surface area contributed by atoms with Crippen LogP contribution in [0.3, 0.4) is 0 Å². The molecule has 0 bridgehead atoms. The average Bonchev–Trinajstić information content (AvgIpc) is 3.26. The summed E-state index contributed by atoms with van der Waals surface area (Å²) in [5.74, 6) is 0.897. The van der Waals surface area contributed by atoms with Crippen molar-refractivity contribution in [2.45, 2.75) is 6.54 Å². The number of aromatic nitrogens is 3. The van der Waals surface area contributed by atoms with E-state index in [0.717, 1.165) is 0 Å². The molecule has 0 N–H and O–H groups in total. The summed E-state index contributed by atoms with van der Waals surface area (Å²) in [6.45, 7) is -0.775. The zero-order valence-electron chi connectivity index (χ0n) is 16.0. The van der Waals surface area contributed by atoms with Crippen LogP contribution in [-0.2, 0) is 6.54 Å². The third kappa shape index (κ3) is 4.47. The minimum Gasteiger partial charge on any atom is -0.463 e. The van der Waals surface area contributed by atoms with Crippen molar-refractivity contribution < 1.29 is 18.6 Å². The zero-order chi connectivity index (χ0) is 21.8. The monoisotopic (exact) mass is 422 g/mol. The molecule has 156 valence electrons. The lowest BCUT2D eigenvalue weighted by Gasteiger charge is -2.07. The molecule has 10 heteroatoms. The minimum absolute atomic E-state index is 0.0498. The number of alkyl halides is 1. The van der Waals surface area contributed by atoms with E-state index in [2.05, 4.69) is 10.1 Å². The van der Waals surface area contributed by atoms with Crippen molar-refractivity contribution in [1.82, 2.24) is 14.7 Å². The maximum absolute atomic E-state index is 12.3. The van der Waals surface area contributed by atoms with E-state index >= 15 is 0 Å². The van der Waals surface area contributed by atoms with Crippen LogP contribution < -0.4 is 10.3 Å². The summed E-state index contributed by atoms with van der Waals surface area (Å²) in [5, 5.41) is 14.9. The predicted octanol–water partition coefficient (Wildman–Crippen LogP) is 3.83. The molecule has 2 heterocycles. The van der Waals surface area contributed by atoms with E-state index < -0.39 is 11.8 Å². The van der Waals surface area contributed by atoms with Crippen molar-refractivity contribution in [1.29, 1.82) is 0 Å². The molecule has 0 spiro atoms. The molecular weight excluding hydrogens is 407 g/mol. The third-order valence-electron chi connectivity index (χ3n) is 4.46. The quantitative estimate of drug-likeness (QED) is 0.328. The molecule has 0 radical (unpaired) electrons. The first-order valence-electron chi connectivity index (χ1n) is 9.10. The number of hydrogen-bond acceptors (Lipinski definition) is 7. The second kappa shape index (κ2) is 8.57. The van der Waals surface area contributed by atoms with Crippen molar-refractivity contribution in [3.05, 3.63) is 92.9 Å². The van der Waals surface area contributed by atoms with Crippen LogP contribution in [-0.4, -0.2) is 26.5 Å². The first kappa shape index (κ1) is 20.0. The summed E-state index contributed by atoms with van der Waals surface area (Å²) < 4.78 is 23.7. The number of benzene rings is 2. The Labute approximate surface area is 174 Å². The molecule has 9 nitrogen and oxygen atoms in total. The van der Waals surface area contributed by atoms with Crippen molar-refractivity contribution in [2.75, 3.05) is 6.86 Å². The van der Waals surface area contributed by atoms with Gasteiger partial charge in [0.25, 0.3) is 17.1 Å². The van der Waals surface area contributed by atoms with Gasteiger partial charge in [0.2, 0.25) is 12.7 Å². The van der Waals surface area contributed by atoms with Crippen molar-refractivity contribution in [3.63, 3.8) is 0 Å². The number of hydrogen-bond donors (Lipinski definition) is 0. The van der Waals surface area contributed by atoms with Gasteiger partial charge in [-0.2, -0.15) is 4.98 Å². The van der Waals surface area contributed by atoms with E-state index in [1.54, 1.807) is 48.7 Å². The topological polar surface area (TPSA) is 113 Å². The van der Waals surface area contributed by atoms with E-state index in [4.69, 9.17) is 9.26 Å². The Kier molecular flexibility index (Phi) is 5.52. The molecule has 0 amide bonds. The van der Waals surface area contributed by atoms with Crippen molar-refractivity contribution in [2.24, 2.45) is 0 Å². The van der Waals surface area contributed by atoms with Crippen LogP contribution in [0.5, 0.6) is 5.75 Å². The Hall–Kier alpha value is -4.34. The van der Waals surface area contributed by atoms with Crippen molar-refractivity contribution >= 4 is 5.69 Å². The number of nitro benzene ring substituents is 1.